The van der Waals surface area contributed by atoms with Crippen molar-refractivity contribution in [2.75, 3.05) is 0 Å². The van der Waals surface area contributed by atoms with Crippen LogP contribution in [0.1, 0.15) is 70.3 Å². The molecule has 96 valence electrons. The van der Waals surface area contributed by atoms with Crippen LogP contribution >= 0.6 is 0 Å². The number of aryl methyl sites for hydroxylation is 1. The second kappa shape index (κ2) is 6.23. The van der Waals surface area contributed by atoms with Gasteiger partial charge in [-0.2, -0.15) is 0 Å². The molecule has 0 heteroatoms. The molecule has 0 heterocycles. The Morgan fingerprint density at radius 1 is 1.06 bits per heavy atom. The van der Waals surface area contributed by atoms with Gasteiger partial charge in [0.2, 0.25) is 0 Å². The Hall–Kier alpha value is -0.780. The Labute approximate surface area is 108 Å². The van der Waals surface area contributed by atoms with E-state index in [2.05, 4.69) is 38.1 Å². The molecular weight excluding hydrogens is 204 g/mol. The van der Waals surface area contributed by atoms with Gasteiger partial charge < -0.3 is 0 Å². The minimum absolute atomic E-state index is 0. The number of benzene rings is 1. The van der Waals surface area contributed by atoms with Gasteiger partial charge in [0.25, 0.3) is 0 Å². The lowest BCUT2D eigenvalue weighted by Crippen LogP contribution is -2.13. The maximum Gasteiger partial charge on any atom is 0 e. The van der Waals surface area contributed by atoms with Crippen molar-refractivity contribution >= 4 is 0 Å². The Kier molecular flexibility index (Phi) is 4.65. The summed E-state index contributed by atoms with van der Waals surface area (Å²) in [5.41, 5.74) is 2.95. The molecule has 1 saturated carbocycles. The van der Waals surface area contributed by atoms with Crippen LogP contribution < -0.4 is 0 Å². The molecule has 0 aromatic heterocycles. The molecule has 0 atom stereocenters. The summed E-state index contributed by atoms with van der Waals surface area (Å²) < 4.78 is 0. The van der Waals surface area contributed by atoms with E-state index in [1.165, 1.54) is 50.5 Å². The van der Waals surface area contributed by atoms with Gasteiger partial charge in [-0.25, -0.2) is 0 Å². The van der Waals surface area contributed by atoms with Crippen molar-refractivity contribution in [3.05, 3.63) is 35.4 Å². The third-order valence-corrected chi connectivity index (χ3v) is 4.36. The van der Waals surface area contributed by atoms with E-state index in [1.54, 1.807) is 5.56 Å². The second-order valence-corrected chi connectivity index (χ2v) is 5.77. The molecule has 1 fully saturated rings. The first-order valence-corrected chi connectivity index (χ1v) is 7.36. The van der Waals surface area contributed by atoms with Gasteiger partial charge >= 0.3 is 0 Å². The summed E-state index contributed by atoms with van der Waals surface area (Å²) in [5, 5.41) is 0. The van der Waals surface area contributed by atoms with Gasteiger partial charge in [-0.1, -0.05) is 56.0 Å². The smallest absolute Gasteiger partial charge is 0 e. The van der Waals surface area contributed by atoms with E-state index in [0.29, 0.717) is 0 Å². The lowest BCUT2D eigenvalue weighted by Gasteiger charge is -2.28. The summed E-state index contributed by atoms with van der Waals surface area (Å²) >= 11 is 0. The van der Waals surface area contributed by atoms with Crippen molar-refractivity contribution in [2.24, 2.45) is 5.92 Å². The van der Waals surface area contributed by atoms with E-state index in [1.807, 2.05) is 0 Å². The summed E-state index contributed by atoms with van der Waals surface area (Å²) in [6.45, 7) is 4.48. The zero-order chi connectivity index (χ0) is 12.1. The summed E-state index contributed by atoms with van der Waals surface area (Å²) in [6.07, 6.45) is 10.0. The number of hydrogen-bond acceptors (Lipinski definition) is 0. The highest BCUT2D eigenvalue weighted by atomic mass is 14.3. The predicted molar refractivity (Wildman–Crippen MR) is 77.5 cm³/mol. The zero-order valence-corrected chi connectivity index (χ0v) is 11.4. The van der Waals surface area contributed by atoms with Crippen molar-refractivity contribution in [1.82, 2.24) is 0 Å². The molecule has 0 aliphatic heterocycles. The van der Waals surface area contributed by atoms with Crippen molar-refractivity contribution in [3.8, 4) is 0 Å². The second-order valence-electron chi connectivity index (χ2n) is 5.77. The molecule has 0 unspecified atom stereocenters. The van der Waals surface area contributed by atoms with Gasteiger partial charge in [0.1, 0.15) is 0 Å². The molecule has 0 bridgehead atoms. The van der Waals surface area contributed by atoms with Crippen molar-refractivity contribution < 1.29 is 1.43 Å². The third kappa shape index (κ3) is 3.59. The molecule has 1 aromatic carbocycles. The minimum atomic E-state index is 0. The highest BCUT2D eigenvalue weighted by Gasteiger charge is 2.21. The van der Waals surface area contributed by atoms with E-state index in [-0.39, 0.29) is 1.43 Å². The van der Waals surface area contributed by atoms with Crippen LogP contribution in [0.25, 0.3) is 0 Å². The highest BCUT2D eigenvalue weighted by molar-refractivity contribution is 5.24. The zero-order valence-electron chi connectivity index (χ0n) is 11.4. The van der Waals surface area contributed by atoms with Gasteiger partial charge in [-0.3, -0.25) is 0 Å². The number of unbranched alkanes of at least 4 members (excludes halogenated alkanes) is 1. The van der Waals surface area contributed by atoms with Gasteiger partial charge in [0, 0.05) is 1.43 Å². The third-order valence-electron chi connectivity index (χ3n) is 4.36. The summed E-state index contributed by atoms with van der Waals surface area (Å²) in [5.74, 6) is 1.87. The molecule has 0 saturated heterocycles. The molecule has 1 aromatic rings. The summed E-state index contributed by atoms with van der Waals surface area (Å²) in [4.78, 5) is 0. The van der Waals surface area contributed by atoms with Crippen molar-refractivity contribution in [2.45, 2.75) is 64.7 Å². The predicted octanol–water partition coefficient (Wildman–Crippen LogP) is 5.71. The highest BCUT2D eigenvalue weighted by Crippen LogP contribution is 2.37. The Morgan fingerprint density at radius 3 is 2.29 bits per heavy atom. The quantitative estimate of drug-likeness (QED) is 0.624. The number of hydrogen-bond donors (Lipinski definition) is 0. The molecule has 0 N–H and O–H groups in total. The topological polar surface area (TPSA) is 0 Å². The molecule has 0 radical (unpaired) electrons. The summed E-state index contributed by atoms with van der Waals surface area (Å²) in [6, 6.07) is 9.20. The summed E-state index contributed by atoms with van der Waals surface area (Å²) in [7, 11) is 0. The molecule has 2 rings (SSSR count). The molecule has 0 nitrogen and oxygen atoms in total. The standard InChI is InChI=1S/C17H26.H2/c1-3-4-5-15-8-12-17(13-9-15)16-10-6-14(2)7-11-16;/h6-7,10-11,15,17H,3-5,8-9,12-13H2,1-2H3;1H. The van der Waals surface area contributed by atoms with Crippen LogP contribution in [0.5, 0.6) is 0 Å². The van der Waals surface area contributed by atoms with Crippen LogP contribution in [0.15, 0.2) is 24.3 Å². The number of rotatable bonds is 4. The molecule has 17 heavy (non-hydrogen) atoms. The van der Waals surface area contributed by atoms with Crippen molar-refractivity contribution in [3.63, 3.8) is 0 Å². The maximum atomic E-state index is 2.34. The lowest BCUT2D eigenvalue weighted by molar-refractivity contribution is 0.304. The average Bonchev–Trinajstić information content (AvgIpc) is 2.38. The normalized spacial score (nSPS) is 24.8. The SMILES string of the molecule is CCCCC1CCC(c2ccc(C)cc2)CC1.[HH]. The van der Waals surface area contributed by atoms with Gasteiger partial charge in [-0.15, -0.1) is 0 Å². The van der Waals surface area contributed by atoms with E-state index >= 15 is 0 Å². The van der Waals surface area contributed by atoms with E-state index in [9.17, 15) is 0 Å². The van der Waals surface area contributed by atoms with Crippen molar-refractivity contribution in [1.29, 1.82) is 0 Å². The fraction of sp³-hybridized carbons (Fsp3) is 0.647. The van der Waals surface area contributed by atoms with Gasteiger partial charge in [0.15, 0.2) is 0 Å². The fourth-order valence-corrected chi connectivity index (χ4v) is 3.12. The van der Waals surface area contributed by atoms with Gasteiger partial charge in [-0.05, 0) is 50.0 Å². The van der Waals surface area contributed by atoms with Crippen LogP contribution in [0, 0.1) is 12.8 Å². The Balaban J connectivity index is 0.00000162. The monoisotopic (exact) mass is 232 g/mol. The van der Waals surface area contributed by atoms with E-state index in [4.69, 9.17) is 0 Å². The maximum absolute atomic E-state index is 2.34. The minimum Gasteiger partial charge on any atom is -0.0654 e. The van der Waals surface area contributed by atoms with E-state index in [0.717, 1.165) is 11.8 Å². The van der Waals surface area contributed by atoms with Crippen LogP contribution in [-0.2, 0) is 0 Å². The lowest BCUT2D eigenvalue weighted by atomic mass is 9.77. The Morgan fingerprint density at radius 2 is 1.71 bits per heavy atom. The molecule has 0 amide bonds. The van der Waals surface area contributed by atoms with Crippen LogP contribution in [0.4, 0.5) is 0 Å². The first-order chi connectivity index (χ1) is 8.29. The average molecular weight is 232 g/mol. The van der Waals surface area contributed by atoms with Crippen LogP contribution in [0.3, 0.4) is 0 Å². The van der Waals surface area contributed by atoms with Gasteiger partial charge in [0.05, 0.1) is 0 Å². The molecular formula is C17H28. The van der Waals surface area contributed by atoms with Crippen LogP contribution in [0.2, 0.25) is 0 Å². The van der Waals surface area contributed by atoms with E-state index < -0.39 is 0 Å². The molecule has 1 aliphatic rings. The molecule has 0 spiro atoms. The Bertz CT molecular complexity index is 320. The first-order valence-electron chi connectivity index (χ1n) is 7.36. The van der Waals surface area contributed by atoms with Crippen LogP contribution in [-0.4, -0.2) is 0 Å². The largest absolute Gasteiger partial charge is 0.0654 e. The molecule has 1 aliphatic carbocycles. The first kappa shape index (κ1) is 12.7. The fourth-order valence-electron chi connectivity index (χ4n) is 3.12.